The smallest absolute Gasteiger partial charge is 0.248 e. The van der Waals surface area contributed by atoms with Gasteiger partial charge >= 0.3 is 0 Å². The van der Waals surface area contributed by atoms with E-state index in [0.717, 1.165) is 23.0 Å². The van der Waals surface area contributed by atoms with Gasteiger partial charge in [-0.1, -0.05) is 12.1 Å². The number of hydrogen-bond acceptors (Lipinski definition) is 5. The van der Waals surface area contributed by atoms with Gasteiger partial charge < -0.3 is 15.3 Å². The maximum absolute atomic E-state index is 12.5. The first-order chi connectivity index (χ1) is 12.5. The molecule has 0 saturated carbocycles. The third kappa shape index (κ3) is 3.04. The molecular weight excluding hydrogens is 332 g/mol. The van der Waals surface area contributed by atoms with Gasteiger partial charge in [0, 0.05) is 37.8 Å². The molecule has 2 N–H and O–H groups in total. The van der Waals surface area contributed by atoms with Gasteiger partial charge in [-0.15, -0.1) is 0 Å². The monoisotopic (exact) mass is 354 g/mol. The van der Waals surface area contributed by atoms with Crippen molar-refractivity contribution in [1.82, 2.24) is 20.1 Å². The number of rotatable bonds is 3. The van der Waals surface area contributed by atoms with Gasteiger partial charge in [0.05, 0.1) is 11.6 Å². The standard InChI is InChI=1S/C19H22N4O3/c1-12(24)17-19(26)23-8-7-22(11-16(23)18(25)21-17)10-13-4-5-15-14(9-13)3-2-6-20-15/h2-6,9,12,16-17,24H,7-8,10-11H2,1H3,(H,21,25)/t12-,16+,17+/m0/s1. The van der Waals surface area contributed by atoms with Crippen molar-refractivity contribution in [3.8, 4) is 0 Å². The first-order valence-corrected chi connectivity index (χ1v) is 8.88. The highest BCUT2D eigenvalue weighted by Gasteiger charge is 2.44. The predicted molar refractivity (Wildman–Crippen MR) is 96.1 cm³/mol. The largest absolute Gasteiger partial charge is 0.391 e. The Labute approximate surface area is 151 Å². The van der Waals surface area contributed by atoms with E-state index in [1.165, 1.54) is 6.92 Å². The number of carbonyl (C=O) groups is 2. The lowest BCUT2D eigenvalue weighted by Gasteiger charge is -2.45. The summed E-state index contributed by atoms with van der Waals surface area (Å²) in [7, 11) is 0. The Bertz CT molecular complexity index is 854. The number of aliphatic hydroxyl groups is 1. The van der Waals surface area contributed by atoms with E-state index >= 15 is 0 Å². The van der Waals surface area contributed by atoms with Gasteiger partial charge in [-0.3, -0.25) is 19.5 Å². The molecule has 0 spiro atoms. The molecule has 0 bridgehead atoms. The minimum absolute atomic E-state index is 0.192. The van der Waals surface area contributed by atoms with Crippen LogP contribution in [0.1, 0.15) is 12.5 Å². The Kier molecular flexibility index (Phi) is 4.34. The summed E-state index contributed by atoms with van der Waals surface area (Å²) in [5, 5.41) is 13.5. The topological polar surface area (TPSA) is 85.8 Å². The number of fused-ring (bicyclic) bond motifs is 2. The first-order valence-electron chi connectivity index (χ1n) is 8.88. The van der Waals surface area contributed by atoms with E-state index in [1.807, 2.05) is 18.2 Å². The highest BCUT2D eigenvalue weighted by Crippen LogP contribution is 2.20. The number of nitrogens with one attached hydrogen (secondary N) is 1. The lowest BCUT2D eigenvalue weighted by Crippen LogP contribution is -2.70. The van der Waals surface area contributed by atoms with E-state index in [0.29, 0.717) is 19.6 Å². The highest BCUT2D eigenvalue weighted by molar-refractivity contribution is 5.97. The average molecular weight is 354 g/mol. The molecule has 7 heteroatoms. The molecule has 0 radical (unpaired) electrons. The summed E-state index contributed by atoms with van der Waals surface area (Å²) >= 11 is 0. The molecule has 3 atom stereocenters. The number of amides is 2. The minimum Gasteiger partial charge on any atom is -0.391 e. The van der Waals surface area contributed by atoms with Crippen molar-refractivity contribution in [3.05, 3.63) is 42.1 Å². The van der Waals surface area contributed by atoms with Crippen molar-refractivity contribution in [2.75, 3.05) is 19.6 Å². The number of hydrogen-bond donors (Lipinski definition) is 2. The van der Waals surface area contributed by atoms with Crippen LogP contribution in [0.15, 0.2) is 36.5 Å². The lowest BCUT2D eigenvalue weighted by atomic mass is 10.0. The van der Waals surface area contributed by atoms with Crippen LogP contribution < -0.4 is 5.32 Å². The zero-order valence-corrected chi connectivity index (χ0v) is 14.6. The van der Waals surface area contributed by atoms with Crippen LogP contribution in [-0.2, 0) is 16.1 Å². The molecule has 26 heavy (non-hydrogen) atoms. The van der Waals surface area contributed by atoms with Crippen LogP contribution in [0.25, 0.3) is 10.9 Å². The van der Waals surface area contributed by atoms with E-state index in [-0.39, 0.29) is 11.8 Å². The summed E-state index contributed by atoms with van der Waals surface area (Å²) in [5.74, 6) is -0.385. The summed E-state index contributed by atoms with van der Waals surface area (Å²) in [6, 6.07) is 8.80. The van der Waals surface area contributed by atoms with Crippen LogP contribution >= 0.6 is 0 Å². The molecule has 3 heterocycles. The number of aliphatic hydroxyl groups excluding tert-OH is 1. The van der Waals surface area contributed by atoms with Gasteiger partial charge in [-0.25, -0.2) is 0 Å². The fourth-order valence-corrected chi connectivity index (χ4v) is 3.77. The molecule has 4 rings (SSSR count). The second kappa shape index (κ2) is 6.66. The van der Waals surface area contributed by atoms with Crippen LogP contribution in [0, 0.1) is 0 Å². The number of benzene rings is 1. The van der Waals surface area contributed by atoms with E-state index in [9.17, 15) is 14.7 Å². The summed E-state index contributed by atoms with van der Waals surface area (Å²) in [4.78, 5) is 33.0. The Hall–Kier alpha value is -2.51. The Morgan fingerprint density at radius 3 is 2.96 bits per heavy atom. The molecule has 2 fully saturated rings. The van der Waals surface area contributed by atoms with Crippen LogP contribution in [0.2, 0.25) is 0 Å². The Morgan fingerprint density at radius 1 is 1.31 bits per heavy atom. The lowest BCUT2D eigenvalue weighted by molar-refractivity contribution is -0.156. The first kappa shape index (κ1) is 16.9. The van der Waals surface area contributed by atoms with Crippen LogP contribution in [0.4, 0.5) is 0 Å². The van der Waals surface area contributed by atoms with Gasteiger partial charge in [0.25, 0.3) is 0 Å². The Morgan fingerprint density at radius 2 is 2.15 bits per heavy atom. The molecule has 1 aromatic heterocycles. The molecule has 2 aliphatic heterocycles. The molecule has 1 aromatic carbocycles. The zero-order chi connectivity index (χ0) is 18.3. The second-order valence-electron chi connectivity index (χ2n) is 7.04. The number of carbonyl (C=O) groups excluding carboxylic acids is 2. The second-order valence-corrected chi connectivity index (χ2v) is 7.04. The highest BCUT2D eigenvalue weighted by atomic mass is 16.3. The van der Waals surface area contributed by atoms with Crippen molar-refractivity contribution in [2.24, 2.45) is 0 Å². The summed E-state index contributed by atoms with van der Waals surface area (Å²) in [6.07, 6.45) is 0.886. The summed E-state index contributed by atoms with van der Waals surface area (Å²) in [5.41, 5.74) is 2.12. The van der Waals surface area contributed by atoms with Crippen LogP contribution in [-0.4, -0.2) is 69.5 Å². The molecule has 2 amide bonds. The molecule has 0 aliphatic carbocycles. The van der Waals surface area contributed by atoms with Gasteiger partial charge in [0.1, 0.15) is 12.1 Å². The van der Waals surface area contributed by atoms with Gasteiger partial charge in [0.15, 0.2) is 0 Å². The van der Waals surface area contributed by atoms with Gasteiger partial charge in [-0.2, -0.15) is 0 Å². The van der Waals surface area contributed by atoms with Gasteiger partial charge in [-0.05, 0) is 30.7 Å². The van der Waals surface area contributed by atoms with Crippen LogP contribution in [0.3, 0.4) is 0 Å². The summed E-state index contributed by atoms with van der Waals surface area (Å²) < 4.78 is 0. The predicted octanol–water partition coefficient (Wildman–Crippen LogP) is 0.127. The van der Waals surface area contributed by atoms with Crippen molar-refractivity contribution in [1.29, 1.82) is 0 Å². The fraction of sp³-hybridized carbons (Fsp3) is 0.421. The van der Waals surface area contributed by atoms with Crippen molar-refractivity contribution < 1.29 is 14.7 Å². The van der Waals surface area contributed by atoms with Crippen molar-refractivity contribution in [2.45, 2.75) is 31.7 Å². The third-order valence-corrected chi connectivity index (χ3v) is 5.17. The molecule has 136 valence electrons. The van der Waals surface area contributed by atoms with E-state index in [4.69, 9.17) is 0 Å². The third-order valence-electron chi connectivity index (χ3n) is 5.17. The van der Waals surface area contributed by atoms with Gasteiger partial charge in [0.2, 0.25) is 11.8 Å². The van der Waals surface area contributed by atoms with E-state index in [1.54, 1.807) is 11.1 Å². The minimum atomic E-state index is -0.892. The average Bonchev–Trinajstić information content (AvgIpc) is 2.64. The molecule has 0 unspecified atom stereocenters. The van der Waals surface area contributed by atoms with E-state index < -0.39 is 18.2 Å². The number of piperazine rings is 2. The molecule has 2 aromatic rings. The number of nitrogens with zero attached hydrogens (tertiary/aromatic N) is 3. The van der Waals surface area contributed by atoms with Crippen LogP contribution in [0.5, 0.6) is 0 Å². The number of aromatic nitrogens is 1. The number of pyridine rings is 1. The fourth-order valence-electron chi connectivity index (χ4n) is 3.77. The quantitative estimate of drug-likeness (QED) is 0.818. The maximum atomic E-state index is 12.5. The molecule has 2 aliphatic rings. The SMILES string of the molecule is C[C@H](O)[C@H]1NC(=O)[C@H]2CN(Cc3ccc4ncccc4c3)CCN2C1=O. The van der Waals surface area contributed by atoms with Crippen molar-refractivity contribution >= 4 is 22.7 Å². The maximum Gasteiger partial charge on any atom is 0.248 e. The van der Waals surface area contributed by atoms with Crippen molar-refractivity contribution in [3.63, 3.8) is 0 Å². The molecular formula is C19H22N4O3. The molecule has 2 saturated heterocycles. The summed E-state index contributed by atoms with van der Waals surface area (Å²) in [6.45, 7) is 3.93. The Balaban J connectivity index is 1.47. The zero-order valence-electron chi connectivity index (χ0n) is 14.6. The molecule has 7 nitrogen and oxygen atoms in total. The normalized spacial score (nSPS) is 25.1. The van der Waals surface area contributed by atoms with E-state index in [2.05, 4.69) is 27.3 Å².